The smallest absolute Gasteiger partial charge is 0.192 e. The molecule has 0 aromatic carbocycles. The molecular weight excluding hydrogens is 176 g/mol. The van der Waals surface area contributed by atoms with Crippen LogP contribution >= 0.6 is 0 Å². The van der Waals surface area contributed by atoms with Crippen molar-refractivity contribution in [1.82, 2.24) is 4.98 Å². The molecule has 0 saturated carbocycles. The van der Waals surface area contributed by atoms with Crippen molar-refractivity contribution in [3.8, 4) is 6.07 Å². The molecule has 0 aliphatic carbocycles. The van der Waals surface area contributed by atoms with Gasteiger partial charge in [-0.05, 0) is 12.1 Å². The van der Waals surface area contributed by atoms with Crippen molar-refractivity contribution in [2.24, 2.45) is 0 Å². The summed E-state index contributed by atoms with van der Waals surface area (Å²) in [6, 6.07) is 4.58. The Balaban J connectivity index is 3.20. The minimum absolute atomic E-state index is 0.0125. The molecule has 0 aliphatic rings. The summed E-state index contributed by atoms with van der Waals surface area (Å²) in [5.74, 6) is 0. The van der Waals surface area contributed by atoms with Gasteiger partial charge < -0.3 is 0 Å². The summed E-state index contributed by atoms with van der Waals surface area (Å²) in [5.41, 5.74) is 0.349. The van der Waals surface area contributed by atoms with Gasteiger partial charge in [-0.3, -0.25) is 0 Å². The van der Waals surface area contributed by atoms with Crippen molar-refractivity contribution < 1.29 is 8.42 Å². The van der Waals surface area contributed by atoms with E-state index in [0.29, 0.717) is 5.56 Å². The molecular formula is C7H6N2O2S. The van der Waals surface area contributed by atoms with Gasteiger partial charge in [0.1, 0.15) is 6.07 Å². The third kappa shape index (κ3) is 1.80. The average Bonchev–Trinajstić information content (AvgIpc) is 2.03. The van der Waals surface area contributed by atoms with Crippen LogP contribution in [-0.4, -0.2) is 19.7 Å². The van der Waals surface area contributed by atoms with Crippen molar-refractivity contribution in [1.29, 1.82) is 5.26 Å². The first-order chi connectivity index (χ1) is 5.54. The van der Waals surface area contributed by atoms with Gasteiger partial charge in [0.05, 0.1) is 5.56 Å². The number of rotatable bonds is 1. The van der Waals surface area contributed by atoms with E-state index in [-0.39, 0.29) is 5.03 Å². The summed E-state index contributed by atoms with van der Waals surface area (Å²) in [6.45, 7) is 0. The number of nitrogens with zero attached hydrogens (tertiary/aromatic N) is 2. The molecule has 12 heavy (non-hydrogen) atoms. The third-order valence-corrected chi connectivity index (χ3v) is 2.25. The van der Waals surface area contributed by atoms with Gasteiger partial charge in [0, 0.05) is 12.5 Å². The quantitative estimate of drug-likeness (QED) is 0.628. The highest BCUT2D eigenvalue weighted by Crippen LogP contribution is 2.04. The Morgan fingerprint density at radius 2 is 2.17 bits per heavy atom. The van der Waals surface area contributed by atoms with Crippen molar-refractivity contribution >= 4 is 9.84 Å². The van der Waals surface area contributed by atoms with E-state index in [0.717, 1.165) is 6.26 Å². The molecule has 0 N–H and O–H groups in total. The lowest BCUT2D eigenvalue weighted by atomic mass is 10.3. The van der Waals surface area contributed by atoms with Gasteiger partial charge in [-0.15, -0.1) is 0 Å². The molecule has 0 radical (unpaired) electrons. The molecule has 1 aromatic heterocycles. The van der Waals surface area contributed by atoms with E-state index in [1.165, 1.54) is 18.3 Å². The maximum absolute atomic E-state index is 10.9. The fourth-order valence-electron chi connectivity index (χ4n) is 0.666. The van der Waals surface area contributed by atoms with Crippen LogP contribution in [0.1, 0.15) is 5.56 Å². The molecule has 0 atom stereocenters. The lowest BCUT2D eigenvalue weighted by Gasteiger charge is -1.94. The van der Waals surface area contributed by atoms with Crippen LogP contribution < -0.4 is 0 Å². The zero-order valence-electron chi connectivity index (χ0n) is 6.35. The Morgan fingerprint density at radius 1 is 1.50 bits per heavy atom. The number of nitriles is 1. The Morgan fingerprint density at radius 3 is 2.50 bits per heavy atom. The molecule has 0 saturated heterocycles. The van der Waals surface area contributed by atoms with Gasteiger partial charge >= 0.3 is 0 Å². The zero-order valence-corrected chi connectivity index (χ0v) is 7.17. The molecule has 5 heteroatoms. The first-order valence-electron chi connectivity index (χ1n) is 3.10. The van der Waals surface area contributed by atoms with Crippen molar-refractivity contribution in [3.63, 3.8) is 0 Å². The van der Waals surface area contributed by atoms with Crippen molar-refractivity contribution in [2.45, 2.75) is 5.03 Å². The fraction of sp³-hybridized carbons (Fsp3) is 0.143. The zero-order chi connectivity index (χ0) is 9.19. The number of aromatic nitrogens is 1. The topological polar surface area (TPSA) is 70.8 Å². The molecule has 0 amide bonds. The molecule has 1 heterocycles. The second kappa shape index (κ2) is 2.91. The molecule has 0 unspecified atom stereocenters. The summed E-state index contributed by atoms with van der Waals surface area (Å²) in [6.07, 6.45) is 2.30. The first kappa shape index (κ1) is 8.68. The second-order valence-electron chi connectivity index (χ2n) is 2.27. The molecule has 4 nitrogen and oxygen atoms in total. The summed E-state index contributed by atoms with van der Waals surface area (Å²) in [5, 5.41) is 8.38. The highest BCUT2D eigenvalue weighted by molar-refractivity contribution is 7.90. The fourth-order valence-corrected chi connectivity index (χ4v) is 1.23. The van der Waals surface area contributed by atoms with E-state index >= 15 is 0 Å². The van der Waals surface area contributed by atoms with E-state index < -0.39 is 9.84 Å². The molecule has 0 fully saturated rings. The van der Waals surface area contributed by atoms with Crippen molar-refractivity contribution in [2.75, 3.05) is 6.26 Å². The molecule has 0 spiro atoms. The lowest BCUT2D eigenvalue weighted by Crippen LogP contribution is -1.99. The lowest BCUT2D eigenvalue weighted by molar-refractivity contribution is 0.598. The molecule has 62 valence electrons. The van der Waals surface area contributed by atoms with E-state index in [1.807, 2.05) is 6.07 Å². The largest absolute Gasteiger partial charge is 0.243 e. The maximum atomic E-state index is 10.9. The van der Waals surface area contributed by atoms with Crippen LogP contribution in [-0.2, 0) is 9.84 Å². The molecule has 1 aromatic rings. The number of sulfone groups is 1. The maximum Gasteiger partial charge on any atom is 0.192 e. The molecule has 1 rings (SSSR count). The van der Waals surface area contributed by atoms with Crippen LogP contribution in [0.15, 0.2) is 23.4 Å². The SMILES string of the molecule is CS(=O)(=O)c1ccc(C#N)cn1. The summed E-state index contributed by atoms with van der Waals surface area (Å²) in [4.78, 5) is 3.61. The van der Waals surface area contributed by atoms with E-state index in [9.17, 15) is 8.42 Å². The van der Waals surface area contributed by atoms with Gasteiger partial charge in [-0.2, -0.15) is 5.26 Å². The van der Waals surface area contributed by atoms with Gasteiger partial charge in [0.2, 0.25) is 0 Å². The number of pyridine rings is 1. The summed E-state index contributed by atoms with van der Waals surface area (Å²) >= 11 is 0. The van der Waals surface area contributed by atoms with Crippen molar-refractivity contribution in [3.05, 3.63) is 23.9 Å². The highest BCUT2D eigenvalue weighted by Gasteiger charge is 2.07. The predicted octanol–water partition coefficient (Wildman–Crippen LogP) is 0.357. The van der Waals surface area contributed by atoms with E-state index in [1.54, 1.807) is 0 Å². The molecule has 0 bridgehead atoms. The van der Waals surface area contributed by atoms with Crippen LogP contribution in [0.4, 0.5) is 0 Å². The monoisotopic (exact) mass is 182 g/mol. The minimum Gasteiger partial charge on any atom is -0.243 e. The normalized spacial score (nSPS) is 10.7. The van der Waals surface area contributed by atoms with Crippen LogP contribution in [0.2, 0.25) is 0 Å². The Labute approximate surface area is 70.4 Å². The minimum atomic E-state index is -3.25. The van der Waals surface area contributed by atoms with Crippen LogP contribution in [0, 0.1) is 11.3 Å². The van der Waals surface area contributed by atoms with Crippen LogP contribution in [0.5, 0.6) is 0 Å². The third-order valence-electron chi connectivity index (χ3n) is 1.25. The van der Waals surface area contributed by atoms with Gasteiger partial charge in [-0.25, -0.2) is 13.4 Å². The Hall–Kier alpha value is -1.41. The van der Waals surface area contributed by atoms with E-state index in [4.69, 9.17) is 5.26 Å². The van der Waals surface area contributed by atoms with Gasteiger partial charge in [0.25, 0.3) is 0 Å². The first-order valence-corrected chi connectivity index (χ1v) is 4.99. The predicted molar refractivity (Wildman–Crippen MR) is 42.1 cm³/mol. The van der Waals surface area contributed by atoms with E-state index in [2.05, 4.69) is 4.98 Å². The standard InChI is InChI=1S/C7H6N2O2S/c1-12(10,11)7-3-2-6(4-8)5-9-7/h2-3,5H,1H3. The van der Waals surface area contributed by atoms with Gasteiger partial charge in [-0.1, -0.05) is 0 Å². The van der Waals surface area contributed by atoms with Crippen LogP contribution in [0.25, 0.3) is 0 Å². The Kier molecular flexibility index (Phi) is 2.11. The average molecular weight is 182 g/mol. The van der Waals surface area contributed by atoms with Crippen LogP contribution in [0.3, 0.4) is 0 Å². The Bertz CT molecular complexity index is 414. The highest BCUT2D eigenvalue weighted by atomic mass is 32.2. The number of hydrogen-bond donors (Lipinski definition) is 0. The summed E-state index contributed by atoms with van der Waals surface area (Å²) < 4.78 is 21.8. The van der Waals surface area contributed by atoms with Gasteiger partial charge in [0.15, 0.2) is 14.9 Å². The second-order valence-corrected chi connectivity index (χ2v) is 4.23. The number of hydrogen-bond acceptors (Lipinski definition) is 4. The molecule has 0 aliphatic heterocycles. The summed E-state index contributed by atoms with van der Waals surface area (Å²) in [7, 11) is -3.25.